The van der Waals surface area contributed by atoms with Gasteiger partial charge in [0.15, 0.2) is 0 Å². The van der Waals surface area contributed by atoms with Gasteiger partial charge in [-0.15, -0.1) is 0 Å². The zero-order valence-corrected chi connectivity index (χ0v) is 9.10. The maximum atomic E-state index is 11.2. The summed E-state index contributed by atoms with van der Waals surface area (Å²) in [5, 5.41) is 3.07. The van der Waals surface area contributed by atoms with Crippen LogP contribution in [-0.2, 0) is 9.53 Å². The number of ether oxygens (including phenoxy) is 1. The molecule has 15 heavy (non-hydrogen) atoms. The molecule has 5 nitrogen and oxygen atoms in total. The summed E-state index contributed by atoms with van der Waals surface area (Å²) in [5.74, 6) is -0.286. The van der Waals surface area contributed by atoms with Gasteiger partial charge >= 0.3 is 5.97 Å². The van der Waals surface area contributed by atoms with Gasteiger partial charge in [-0.3, -0.25) is 20.1 Å². The second-order valence-corrected chi connectivity index (χ2v) is 3.26. The van der Waals surface area contributed by atoms with E-state index < -0.39 is 0 Å². The Labute approximate surface area is 88.9 Å². The van der Waals surface area contributed by atoms with Crippen molar-refractivity contribution in [1.29, 1.82) is 0 Å². The number of methoxy groups -OCH3 is 1. The molecule has 0 bridgehead atoms. The largest absolute Gasteiger partial charge is 0.468 e. The third kappa shape index (κ3) is 3.28. The lowest BCUT2D eigenvalue weighted by atomic mass is 10.2. The highest BCUT2D eigenvalue weighted by Crippen LogP contribution is 2.07. The van der Waals surface area contributed by atoms with Crippen molar-refractivity contribution in [2.45, 2.75) is 25.9 Å². The highest BCUT2D eigenvalue weighted by Gasteiger charge is 2.16. The Morgan fingerprint density at radius 2 is 2.20 bits per heavy atom. The van der Waals surface area contributed by atoms with Crippen molar-refractivity contribution in [3.63, 3.8) is 0 Å². The summed E-state index contributed by atoms with van der Waals surface area (Å²) in [5.41, 5.74) is 0.799. The molecule has 1 rings (SSSR count). The first-order valence-electron chi connectivity index (χ1n) is 4.75. The first-order chi connectivity index (χ1) is 7.15. The molecule has 0 saturated carbocycles. The van der Waals surface area contributed by atoms with Gasteiger partial charge in [-0.05, 0) is 13.8 Å². The van der Waals surface area contributed by atoms with Gasteiger partial charge in [0.1, 0.15) is 6.04 Å². The lowest BCUT2D eigenvalue weighted by Gasteiger charge is -2.17. The Morgan fingerprint density at radius 3 is 2.73 bits per heavy atom. The maximum Gasteiger partial charge on any atom is 0.322 e. The number of esters is 1. The Balaban J connectivity index is 2.56. The third-order valence-electron chi connectivity index (χ3n) is 2.08. The molecule has 1 aromatic heterocycles. The van der Waals surface area contributed by atoms with Crippen LogP contribution in [0.5, 0.6) is 0 Å². The van der Waals surface area contributed by atoms with E-state index in [9.17, 15) is 4.79 Å². The molecule has 1 aromatic rings. The van der Waals surface area contributed by atoms with Crippen molar-refractivity contribution in [3.05, 3.63) is 24.3 Å². The predicted octanol–water partition coefficient (Wildman–Crippen LogP) is 0.689. The van der Waals surface area contributed by atoms with Gasteiger partial charge in [-0.1, -0.05) is 0 Å². The number of carbonyl (C=O) groups is 1. The van der Waals surface area contributed by atoms with E-state index in [1.54, 1.807) is 25.5 Å². The minimum absolute atomic E-state index is 0.0344. The number of hydrogen-bond acceptors (Lipinski definition) is 5. The van der Waals surface area contributed by atoms with Crippen molar-refractivity contribution < 1.29 is 9.53 Å². The fourth-order valence-corrected chi connectivity index (χ4v) is 1.24. The van der Waals surface area contributed by atoms with E-state index in [0.717, 1.165) is 5.69 Å². The molecule has 5 heteroatoms. The number of hydrogen-bond donors (Lipinski definition) is 1. The van der Waals surface area contributed by atoms with Gasteiger partial charge in [0.25, 0.3) is 0 Å². The summed E-state index contributed by atoms with van der Waals surface area (Å²) in [6.45, 7) is 3.67. The zero-order valence-electron chi connectivity index (χ0n) is 9.10. The number of aromatic nitrogens is 2. The lowest BCUT2D eigenvalue weighted by Crippen LogP contribution is -2.36. The van der Waals surface area contributed by atoms with Crippen LogP contribution in [0, 0.1) is 0 Å². The molecule has 0 aliphatic rings. The normalized spacial score (nSPS) is 14.3. The summed E-state index contributed by atoms with van der Waals surface area (Å²) >= 11 is 0. The monoisotopic (exact) mass is 209 g/mol. The zero-order chi connectivity index (χ0) is 11.3. The van der Waals surface area contributed by atoms with E-state index >= 15 is 0 Å². The molecule has 0 amide bonds. The van der Waals surface area contributed by atoms with E-state index in [4.69, 9.17) is 0 Å². The second kappa shape index (κ2) is 5.41. The SMILES string of the molecule is COC(=O)[C@H](C)NC(C)c1cnccn1. The molecule has 0 aromatic carbocycles. The first-order valence-corrected chi connectivity index (χ1v) is 4.75. The van der Waals surface area contributed by atoms with Crippen LogP contribution in [0.25, 0.3) is 0 Å². The third-order valence-corrected chi connectivity index (χ3v) is 2.08. The van der Waals surface area contributed by atoms with Crippen molar-refractivity contribution in [2.24, 2.45) is 0 Å². The summed E-state index contributed by atoms with van der Waals surface area (Å²) in [7, 11) is 1.37. The standard InChI is InChI=1S/C10H15N3O2/c1-7(9-6-11-4-5-12-9)13-8(2)10(14)15-3/h4-8,13H,1-3H3/t7?,8-/m0/s1. The lowest BCUT2D eigenvalue weighted by molar-refractivity contribution is -0.142. The van der Waals surface area contributed by atoms with Crippen LogP contribution in [0.1, 0.15) is 25.6 Å². The van der Waals surface area contributed by atoms with Crippen LogP contribution in [0.4, 0.5) is 0 Å². The molecule has 2 atom stereocenters. The molecular weight excluding hydrogens is 194 g/mol. The smallest absolute Gasteiger partial charge is 0.322 e. The van der Waals surface area contributed by atoms with E-state index in [1.165, 1.54) is 7.11 Å². The van der Waals surface area contributed by atoms with Gasteiger partial charge in [0.05, 0.1) is 12.8 Å². The Kier molecular flexibility index (Phi) is 4.17. The molecule has 0 saturated heterocycles. The average Bonchev–Trinajstić information content (AvgIpc) is 2.29. The van der Waals surface area contributed by atoms with Crippen molar-refractivity contribution in [2.75, 3.05) is 7.11 Å². The molecular formula is C10H15N3O2. The Bertz CT molecular complexity index is 316. The van der Waals surface area contributed by atoms with Crippen molar-refractivity contribution in [3.8, 4) is 0 Å². The predicted molar refractivity (Wildman–Crippen MR) is 55.1 cm³/mol. The molecule has 0 aliphatic carbocycles. The highest BCUT2D eigenvalue weighted by atomic mass is 16.5. The van der Waals surface area contributed by atoms with Gasteiger partial charge in [0, 0.05) is 24.6 Å². The number of carbonyl (C=O) groups excluding carboxylic acids is 1. The molecule has 82 valence electrons. The fraction of sp³-hybridized carbons (Fsp3) is 0.500. The molecule has 1 unspecified atom stereocenters. The molecule has 0 radical (unpaired) electrons. The molecule has 0 aliphatic heterocycles. The summed E-state index contributed by atoms with van der Waals surface area (Å²) in [6, 6.07) is -0.389. The van der Waals surface area contributed by atoms with Gasteiger partial charge in [0.2, 0.25) is 0 Å². The maximum absolute atomic E-state index is 11.2. The number of rotatable bonds is 4. The van der Waals surface area contributed by atoms with E-state index in [1.807, 2.05) is 6.92 Å². The van der Waals surface area contributed by atoms with Crippen LogP contribution in [0.15, 0.2) is 18.6 Å². The van der Waals surface area contributed by atoms with Crippen LogP contribution in [0.2, 0.25) is 0 Å². The Hall–Kier alpha value is -1.49. The van der Waals surface area contributed by atoms with Crippen LogP contribution >= 0.6 is 0 Å². The summed E-state index contributed by atoms with van der Waals surface area (Å²) in [6.07, 6.45) is 4.90. The van der Waals surface area contributed by atoms with Gasteiger partial charge in [-0.25, -0.2) is 0 Å². The topological polar surface area (TPSA) is 64.1 Å². The molecule has 0 spiro atoms. The molecule has 1 N–H and O–H groups in total. The second-order valence-electron chi connectivity index (χ2n) is 3.26. The summed E-state index contributed by atoms with van der Waals surface area (Å²) in [4.78, 5) is 19.3. The van der Waals surface area contributed by atoms with E-state index in [0.29, 0.717) is 0 Å². The fourth-order valence-electron chi connectivity index (χ4n) is 1.24. The summed E-state index contributed by atoms with van der Waals surface area (Å²) < 4.78 is 4.61. The van der Waals surface area contributed by atoms with Crippen LogP contribution in [0.3, 0.4) is 0 Å². The molecule has 0 fully saturated rings. The van der Waals surface area contributed by atoms with Crippen LogP contribution < -0.4 is 5.32 Å². The van der Waals surface area contributed by atoms with Crippen molar-refractivity contribution >= 4 is 5.97 Å². The first kappa shape index (κ1) is 11.6. The van der Waals surface area contributed by atoms with E-state index in [-0.39, 0.29) is 18.1 Å². The average molecular weight is 209 g/mol. The Morgan fingerprint density at radius 1 is 1.47 bits per heavy atom. The minimum atomic E-state index is -0.355. The number of nitrogens with zero attached hydrogens (tertiary/aromatic N) is 2. The molecule has 1 heterocycles. The minimum Gasteiger partial charge on any atom is -0.468 e. The quantitative estimate of drug-likeness (QED) is 0.739. The highest BCUT2D eigenvalue weighted by molar-refractivity contribution is 5.75. The number of nitrogens with one attached hydrogen (secondary N) is 1. The van der Waals surface area contributed by atoms with Crippen LogP contribution in [-0.4, -0.2) is 29.1 Å². The van der Waals surface area contributed by atoms with Crippen molar-refractivity contribution in [1.82, 2.24) is 15.3 Å². The van der Waals surface area contributed by atoms with Gasteiger partial charge in [-0.2, -0.15) is 0 Å². The van der Waals surface area contributed by atoms with E-state index in [2.05, 4.69) is 20.0 Å². The van der Waals surface area contributed by atoms with Gasteiger partial charge < -0.3 is 4.74 Å².